The summed E-state index contributed by atoms with van der Waals surface area (Å²) in [5, 5.41) is 0. The average molecular weight is 192 g/mol. The summed E-state index contributed by atoms with van der Waals surface area (Å²) in [4.78, 5) is 2.45. The minimum Gasteiger partial charge on any atom is -0.383 e. The van der Waals surface area contributed by atoms with Gasteiger partial charge in [-0.3, -0.25) is 4.90 Å². The second-order valence-corrected chi connectivity index (χ2v) is 3.84. The molecule has 1 rings (SSSR count). The van der Waals surface area contributed by atoms with Crippen LogP contribution < -0.4 is 0 Å². The lowest BCUT2D eigenvalue weighted by Gasteiger charge is -2.27. The molecular formula is C9H18ClNO. The molecule has 0 spiro atoms. The van der Waals surface area contributed by atoms with Crippen molar-refractivity contribution in [1.82, 2.24) is 4.90 Å². The third kappa shape index (κ3) is 2.92. The van der Waals surface area contributed by atoms with Gasteiger partial charge >= 0.3 is 0 Å². The van der Waals surface area contributed by atoms with Gasteiger partial charge in [-0.25, -0.2) is 0 Å². The van der Waals surface area contributed by atoms with Gasteiger partial charge < -0.3 is 4.74 Å². The Morgan fingerprint density at radius 2 is 2.25 bits per heavy atom. The molecule has 1 fully saturated rings. The fourth-order valence-corrected chi connectivity index (χ4v) is 1.80. The highest BCUT2D eigenvalue weighted by atomic mass is 35.5. The van der Waals surface area contributed by atoms with Gasteiger partial charge in [-0.1, -0.05) is 0 Å². The molecule has 0 aromatic heterocycles. The van der Waals surface area contributed by atoms with Crippen LogP contribution in [0, 0.1) is 0 Å². The Morgan fingerprint density at radius 1 is 1.58 bits per heavy atom. The van der Waals surface area contributed by atoms with Crippen LogP contribution in [0.5, 0.6) is 0 Å². The van der Waals surface area contributed by atoms with Crippen molar-refractivity contribution in [2.24, 2.45) is 0 Å². The van der Waals surface area contributed by atoms with E-state index in [0.29, 0.717) is 6.04 Å². The van der Waals surface area contributed by atoms with E-state index in [-0.39, 0.29) is 0 Å². The molecule has 1 aliphatic rings. The second-order valence-electron chi connectivity index (χ2n) is 3.46. The zero-order chi connectivity index (χ0) is 8.97. The van der Waals surface area contributed by atoms with Crippen LogP contribution in [0.3, 0.4) is 0 Å². The number of hydrogen-bond donors (Lipinski definition) is 0. The van der Waals surface area contributed by atoms with E-state index in [1.165, 1.54) is 12.8 Å². The van der Waals surface area contributed by atoms with Crippen molar-refractivity contribution < 1.29 is 4.74 Å². The van der Waals surface area contributed by atoms with Gasteiger partial charge in [0.1, 0.15) is 0 Å². The van der Waals surface area contributed by atoms with Crippen molar-refractivity contribution in [3.8, 4) is 0 Å². The summed E-state index contributed by atoms with van der Waals surface area (Å²) in [6, 6.07) is 1.30. The number of ether oxygens (including phenoxy) is 1. The van der Waals surface area contributed by atoms with E-state index < -0.39 is 0 Å². The second kappa shape index (κ2) is 5.05. The highest BCUT2D eigenvalue weighted by molar-refractivity contribution is 6.18. The molecule has 0 amide bonds. The Morgan fingerprint density at radius 3 is 2.67 bits per heavy atom. The van der Waals surface area contributed by atoms with Gasteiger partial charge in [0.15, 0.2) is 0 Å². The van der Waals surface area contributed by atoms with E-state index in [1.807, 2.05) is 0 Å². The third-order valence-corrected chi connectivity index (χ3v) is 2.50. The van der Waals surface area contributed by atoms with E-state index in [9.17, 15) is 0 Å². The molecule has 0 heterocycles. The number of nitrogens with zero attached hydrogens (tertiary/aromatic N) is 1. The van der Waals surface area contributed by atoms with Crippen LogP contribution in [0.4, 0.5) is 0 Å². The van der Waals surface area contributed by atoms with E-state index in [0.717, 1.165) is 25.1 Å². The Balaban J connectivity index is 2.29. The highest BCUT2D eigenvalue weighted by Crippen LogP contribution is 2.28. The van der Waals surface area contributed by atoms with Gasteiger partial charge in [-0.15, -0.1) is 11.6 Å². The summed E-state index contributed by atoms with van der Waals surface area (Å²) in [5.74, 6) is 0.727. The Hall–Kier alpha value is 0.210. The first-order valence-corrected chi connectivity index (χ1v) is 5.13. The van der Waals surface area contributed by atoms with Crippen molar-refractivity contribution in [2.75, 3.05) is 26.1 Å². The van der Waals surface area contributed by atoms with Gasteiger partial charge in [0.2, 0.25) is 0 Å². The molecule has 1 saturated carbocycles. The number of rotatable bonds is 6. The smallest absolute Gasteiger partial charge is 0.0615 e. The van der Waals surface area contributed by atoms with E-state index in [1.54, 1.807) is 7.11 Å². The van der Waals surface area contributed by atoms with Crippen LogP contribution in [-0.2, 0) is 4.74 Å². The minimum absolute atomic E-state index is 0.515. The molecule has 0 aromatic carbocycles. The summed E-state index contributed by atoms with van der Waals surface area (Å²) >= 11 is 5.73. The topological polar surface area (TPSA) is 12.5 Å². The normalized spacial score (nSPS) is 20.0. The standard InChI is InChI=1S/C9H18ClNO/c1-8(7-12-2)11(6-5-10)9-3-4-9/h8-9H,3-7H2,1-2H3. The molecular weight excluding hydrogens is 174 g/mol. The van der Waals surface area contributed by atoms with E-state index in [2.05, 4.69) is 11.8 Å². The maximum Gasteiger partial charge on any atom is 0.0615 e. The van der Waals surface area contributed by atoms with Crippen LogP contribution in [0.1, 0.15) is 19.8 Å². The molecule has 1 atom stereocenters. The summed E-state index contributed by atoms with van der Waals surface area (Å²) < 4.78 is 5.12. The van der Waals surface area contributed by atoms with Gasteiger partial charge in [-0.2, -0.15) is 0 Å². The predicted octanol–water partition coefficient (Wildman–Crippen LogP) is 1.72. The quantitative estimate of drug-likeness (QED) is 0.593. The van der Waals surface area contributed by atoms with Crippen molar-refractivity contribution in [1.29, 1.82) is 0 Å². The fraction of sp³-hybridized carbons (Fsp3) is 1.00. The Kier molecular flexibility index (Phi) is 4.33. The lowest BCUT2D eigenvalue weighted by molar-refractivity contribution is 0.0983. The monoisotopic (exact) mass is 191 g/mol. The lowest BCUT2D eigenvalue weighted by atomic mass is 10.3. The van der Waals surface area contributed by atoms with Gasteiger partial charge in [0.25, 0.3) is 0 Å². The molecule has 0 N–H and O–H groups in total. The largest absolute Gasteiger partial charge is 0.383 e. The van der Waals surface area contributed by atoms with Crippen molar-refractivity contribution in [3.05, 3.63) is 0 Å². The molecule has 0 radical (unpaired) electrons. The van der Waals surface area contributed by atoms with Gasteiger partial charge in [-0.05, 0) is 19.8 Å². The summed E-state index contributed by atoms with van der Waals surface area (Å²) in [5.41, 5.74) is 0. The maximum absolute atomic E-state index is 5.73. The number of methoxy groups -OCH3 is 1. The molecule has 1 unspecified atom stereocenters. The van der Waals surface area contributed by atoms with E-state index >= 15 is 0 Å². The molecule has 0 aliphatic heterocycles. The molecule has 2 nitrogen and oxygen atoms in total. The van der Waals surface area contributed by atoms with Crippen molar-refractivity contribution in [3.63, 3.8) is 0 Å². The van der Waals surface area contributed by atoms with Crippen molar-refractivity contribution >= 4 is 11.6 Å². The number of halogens is 1. The predicted molar refractivity (Wildman–Crippen MR) is 51.8 cm³/mol. The highest BCUT2D eigenvalue weighted by Gasteiger charge is 2.31. The zero-order valence-electron chi connectivity index (χ0n) is 7.92. The molecule has 0 bridgehead atoms. The van der Waals surface area contributed by atoms with Crippen LogP contribution in [0.15, 0.2) is 0 Å². The van der Waals surface area contributed by atoms with E-state index in [4.69, 9.17) is 16.3 Å². The molecule has 72 valence electrons. The van der Waals surface area contributed by atoms with Crippen molar-refractivity contribution in [2.45, 2.75) is 31.8 Å². The van der Waals surface area contributed by atoms with Crippen LogP contribution in [0.25, 0.3) is 0 Å². The van der Waals surface area contributed by atoms with Gasteiger partial charge in [0.05, 0.1) is 6.61 Å². The number of hydrogen-bond acceptors (Lipinski definition) is 2. The van der Waals surface area contributed by atoms with Crippen LogP contribution in [0.2, 0.25) is 0 Å². The fourth-order valence-electron chi connectivity index (χ4n) is 1.60. The summed E-state index contributed by atoms with van der Waals surface area (Å²) in [7, 11) is 1.75. The summed E-state index contributed by atoms with van der Waals surface area (Å²) in [6.45, 7) is 4.01. The Labute approximate surface area is 79.8 Å². The first-order valence-electron chi connectivity index (χ1n) is 4.60. The number of alkyl halides is 1. The van der Waals surface area contributed by atoms with Crippen LogP contribution >= 0.6 is 11.6 Å². The molecule has 12 heavy (non-hydrogen) atoms. The minimum atomic E-state index is 0.515. The molecule has 3 heteroatoms. The molecule has 0 aromatic rings. The first kappa shape index (κ1) is 10.3. The molecule has 0 saturated heterocycles. The van der Waals surface area contributed by atoms with Crippen LogP contribution in [-0.4, -0.2) is 43.1 Å². The zero-order valence-corrected chi connectivity index (χ0v) is 8.68. The first-order chi connectivity index (χ1) is 5.79. The SMILES string of the molecule is COCC(C)N(CCCl)C1CC1. The van der Waals surface area contributed by atoms with Gasteiger partial charge in [0, 0.05) is 31.6 Å². The average Bonchev–Trinajstić information content (AvgIpc) is 2.83. The lowest BCUT2D eigenvalue weighted by Crippen LogP contribution is -2.39. The Bertz CT molecular complexity index is 128. The third-order valence-electron chi connectivity index (χ3n) is 2.33. The maximum atomic E-state index is 5.73. The summed E-state index contributed by atoms with van der Waals surface area (Å²) in [6.07, 6.45) is 2.68. The molecule has 1 aliphatic carbocycles.